The summed E-state index contributed by atoms with van der Waals surface area (Å²) in [4.78, 5) is 26.6. The zero-order valence-electron chi connectivity index (χ0n) is 10.4. The van der Waals surface area contributed by atoms with Crippen molar-refractivity contribution in [3.63, 3.8) is 0 Å². The van der Waals surface area contributed by atoms with Gasteiger partial charge in [0, 0.05) is 18.5 Å². The highest BCUT2D eigenvalue weighted by atomic mass is 35.5. The number of hydrogen-bond acceptors (Lipinski definition) is 4. The van der Waals surface area contributed by atoms with Gasteiger partial charge in [0.2, 0.25) is 0 Å². The molecule has 0 fully saturated rings. The van der Waals surface area contributed by atoms with Gasteiger partial charge in [0.15, 0.2) is 0 Å². The van der Waals surface area contributed by atoms with Gasteiger partial charge in [0.05, 0.1) is 6.61 Å². The smallest absolute Gasteiger partial charge is 0.305 e. The summed E-state index contributed by atoms with van der Waals surface area (Å²) < 4.78 is 4.77. The van der Waals surface area contributed by atoms with Gasteiger partial charge in [-0.3, -0.25) is 9.59 Å². The quantitative estimate of drug-likeness (QED) is 0.498. The number of pyridine rings is 1. The number of aromatic nitrogens is 1. The van der Waals surface area contributed by atoms with E-state index in [0.717, 1.165) is 0 Å². The Kier molecular flexibility index (Phi) is 6.59. The third-order valence-electron chi connectivity index (χ3n) is 2.17. The minimum Gasteiger partial charge on any atom is -0.466 e. The first-order valence-corrected chi connectivity index (χ1v) is 6.55. The highest BCUT2D eigenvalue weighted by molar-refractivity contribution is 6.33. The monoisotopic (exact) mass is 304 g/mol. The summed E-state index contributed by atoms with van der Waals surface area (Å²) in [5.74, 6) is -0.582. The predicted octanol–water partition coefficient (Wildman–Crippen LogP) is 2.46. The molecule has 0 saturated heterocycles. The number of amides is 1. The number of ether oxygens (including phenoxy) is 1. The van der Waals surface area contributed by atoms with Crippen LogP contribution in [0.5, 0.6) is 0 Å². The minimum atomic E-state index is -0.310. The maximum Gasteiger partial charge on any atom is 0.305 e. The van der Waals surface area contributed by atoms with E-state index in [1.165, 1.54) is 12.1 Å². The lowest BCUT2D eigenvalue weighted by Crippen LogP contribution is -2.25. The third kappa shape index (κ3) is 5.89. The minimum absolute atomic E-state index is 0.157. The van der Waals surface area contributed by atoms with Crippen molar-refractivity contribution in [2.75, 3.05) is 13.2 Å². The van der Waals surface area contributed by atoms with E-state index in [1.54, 1.807) is 6.92 Å². The number of nitrogens with zero attached hydrogens (tertiary/aromatic N) is 1. The van der Waals surface area contributed by atoms with Gasteiger partial charge in [-0.25, -0.2) is 4.98 Å². The fraction of sp³-hybridized carbons (Fsp3) is 0.417. The summed E-state index contributed by atoms with van der Waals surface area (Å²) in [6.45, 7) is 2.48. The molecule has 0 aliphatic carbocycles. The Balaban J connectivity index is 2.37. The van der Waals surface area contributed by atoms with Gasteiger partial charge in [-0.2, -0.15) is 0 Å². The van der Waals surface area contributed by atoms with Crippen molar-refractivity contribution < 1.29 is 14.3 Å². The summed E-state index contributed by atoms with van der Waals surface area (Å²) in [5, 5.41) is 2.97. The molecule has 104 valence electrons. The summed E-state index contributed by atoms with van der Waals surface area (Å²) in [7, 11) is 0. The van der Waals surface area contributed by atoms with E-state index in [-0.39, 0.29) is 28.6 Å². The van der Waals surface area contributed by atoms with E-state index in [2.05, 4.69) is 10.3 Å². The maximum absolute atomic E-state index is 11.7. The zero-order chi connectivity index (χ0) is 14.3. The van der Waals surface area contributed by atoms with E-state index in [0.29, 0.717) is 25.1 Å². The Morgan fingerprint density at radius 3 is 2.53 bits per heavy atom. The van der Waals surface area contributed by atoms with Crippen molar-refractivity contribution in [1.29, 1.82) is 0 Å². The largest absolute Gasteiger partial charge is 0.466 e. The first-order valence-electron chi connectivity index (χ1n) is 5.80. The standard InChI is InChI=1S/C12H14Cl2N2O3/c1-2-19-11(17)4-3-5-15-12(18)8-6-9(13)16-10(14)7-8/h6-7H,2-5H2,1H3,(H,15,18). The molecule has 1 aromatic rings. The third-order valence-corrected chi connectivity index (χ3v) is 2.56. The lowest BCUT2D eigenvalue weighted by molar-refractivity contribution is -0.143. The molecule has 0 aliphatic heterocycles. The molecule has 0 bridgehead atoms. The summed E-state index contributed by atoms with van der Waals surface area (Å²) in [6, 6.07) is 2.85. The van der Waals surface area contributed by atoms with Gasteiger partial charge in [-0.05, 0) is 25.5 Å². The molecule has 1 aromatic heterocycles. The second-order valence-corrected chi connectivity index (χ2v) is 4.44. The lowest BCUT2D eigenvalue weighted by Gasteiger charge is -2.05. The fourth-order valence-corrected chi connectivity index (χ4v) is 1.83. The highest BCUT2D eigenvalue weighted by Crippen LogP contribution is 2.14. The molecule has 0 aliphatic rings. The predicted molar refractivity (Wildman–Crippen MR) is 72.5 cm³/mol. The number of rotatable bonds is 6. The Morgan fingerprint density at radius 2 is 1.95 bits per heavy atom. The zero-order valence-corrected chi connectivity index (χ0v) is 11.9. The molecule has 0 saturated carbocycles. The molecule has 1 N–H and O–H groups in total. The van der Waals surface area contributed by atoms with Crippen molar-refractivity contribution in [2.45, 2.75) is 19.8 Å². The molecule has 7 heteroatoms. The van der Waals surface area contributed by atoms with Gasteiger partial charge in [0.25, 0.3) is 5.91 Å². The van der Waals surface area contributed by atoms with Crippen LogP contribution in [0.15, 0.2) is 12.1 Å². The Morgan fingerprint density at radius 1 is 1.32 bits per heavy atom. The van der Waals surface area contributed by atoms with Crippen molar-refractivity contribution >= 4 is 35.1 Å². The molecular formula is C12H14Cl2N2O3. The molecule has 0 unspecified atom stereocenters. The average molecular weight is 305 g/mol. The van der Waals surface area contributed by atoms with E-state index in [4.69, 9.17) is 27.9 Å². The summed E-state index contributed by atoms with van der Waals surface area (Å²) in [6.07, 6.45) is 0.781. The van der Waals surface area contributed by atoms with Crippen LogP contribution in [0.3, 0.4) is 0 Å². The van der Waals surface area contributed by atoms with Crippen LogP contribution in [0.4, 0.5) is 0 Å². The molecule has 0 spiro atoms. The molecule has 1 rings (SSSR count). The van der Waals surface area contributed by atoms with Crippen LogP contribution < -0.4 is 5.32 Å². The molecule has 0 atom stereocenters. The summed E-state index contributed by atoms with van der Waals surface area (Å²) >= 11 is 11.4. The van der Waals surface area contributed by atoms with Crippen LogP contribution in [0.1, 0.15) is 30.1 Å². The topological polar surface area (TPSA) is 68.3 Å². The second-order valence-electron chi connectivity index (χ2n) is 3.67. The number of nitrogens with one attached hydrogen (secondary N) is 1. The molecule has 1 amide bonds. The van der Waals surface area contributed by atoms with Gasteiger partial charge in [-0.15, -0.1) is 0 Å². The Hall–Kier alpha value is -1.33. The van der Waals surface area contributed by atoms with Crippen LogP contribution >= 0.6 is 23.2 Å². The van der Waals surface area contributed by atoms with Crippen LogP contribution in [-0.2, 0) is 9.53 Å². The van der Waals surface area contributed by atoms with Crippen LogP contribution in [-0.4, -0.2) is 30.0 Å². The average Bonchev–Trinajstić information content (AvgIpc) is 2.33. The lowest BCUT2D eigenvalue weighted by atomic mass is 10.2. The molecule has 0 radical (unpaired) electrons. The second kappa shape index (κ2) is 7.96. The van der Waals surface area contributed by atoms with E-state index in [1.807, 2.05) is 0 Å². The number of esters is 1. The normalized spacial score (nSPS) is 10.1. The van der Waals surface area contributed by atoms with Gasteiger partial charge >= 0.3 is 5.97 Å². The number of carbonyl (C=O) groups is 2. The molecule has 19 heavy (non-hydrogen) atoms. The highest BCUT2D eigenvalue weighted by Gasteiger charge is 2.08. The number of carbonyl (C=O) groups excluding carboxylic acids is 2. The summed E-state index contributed by atoms with van der Waals surface area (Å²) in [5.41, 5.74) is 0.334. The van der Waals surface area contributed by atoms with E-state index < -0.39 is 0 Å². The molecule has 0 aromatic carbocycles. The van der Waals surface area contributed by atoms with Crippen LogP contribution in [0, 0.1) is 0 Å². The Bertz CT molecular complexity index is 446. The van der Waals surface area contributed by atoms with Crippen molar-refractivity contribution in [3.8, 4) is 0 Å². The molecule has 1 heterocycles. The Labute approximate surface area is 121 Å². The van der Waals surface area contributed by atoms with Crippen LogP contribution in [0.2, 0.25) is 10.3 Å². The van der Waals surface area contributed by atoms with Crippen molar-refractivity contribution in [2.24, 2.45) is 0 Å². The van der Waals surface area contributed by atoms with E-state index in [9.17, 15) is 9.59 Å². The van der Waals surface area contributed by atoms with E-state index >= 15 is 0 Å². The number of halogens is 2. The molecule has 5 nitrogen and oxygen atoms in total. The van der Waals surface area contributed by atoms with Gasteiger partial charge < -0.3 is 10.1 Å². The van der Waals surface area contributed by atoms with Crippen molar-refractivity contribution in [1.82, 2.24) is 10.3 Å². The number of hydrogen-bond donors (Lipinski definition) is 1. The van der Waals surface area contributed by atoms with Crippen LogP contribution in [0.25, 0.3) is 0 Å². The molecular weight excluding hydrogens is 291 g/mol. The van der Waals surface area contributed by atoms with Gasteiger partial charge in [0.1, 0.15) is 10.3 Å². The first kappa shape index (κ1) is 15.7. The van der Waals surface area contributed by atoms with Gasteiger partial charge in [-0.1, -0.05) is 23.2 Å². The SMILES string of the molecule is CCOC(=O)CCCNC(=O)c1cc(Cl)nc(Cl)c1. The first-order chi connectivity index (χ1) is 9.02. The van der Waals surface area contributed by atoms with Crippen molar-refractivity contribution in [3.05, 3.63) is 28.0 Å². The maximum atomic E-state index is 11.7. The fourth-order valence-electron chi connectivity index (χ4n) is 1.37.